The van der Waals surface area contributed by atoms with E-state index in [1.54, 1.807) is 19.2 Å². The molecular weight excluding hydrogens is 454 g/mol. The van der Waals surface area contributed by atoms with Crippen LogP contribution in [0.2, 0.25) is 5.02 Å². The fraction of sp³-hybridized carbons (Fsp3) is 0.346. The molecule has 1 fully saturated rings. The van der Waals surface area contributed by atoms with Crippen LogP contribution in [0.5, 0.6) is 0 Å². The molecule has 1 aliphatic heterocycles. The molecule has 176 valence electrons. The number of carbonyl (C=O) groups excluding carboxylic acids is 1. The molecule has 4 rings (SSSR count). The lowest BCUT2D eigenvalue weighted by Crippen LogP contribution is -2.32. The van der Waals surface area contributed by atoms with Crippen molar-refractivity contribution in [2.75, 3.05) is 26.9 Å². The van der Waals surface area contributed by atoms with Gasteiger partial charge in [-0.15, -0.1) is 0 Å². The first-order chi connectivity index (χ1) is 16.5. The molecule has 1 amide bonds. The van der Waals surface area contributed by atoms with Crippen molar-refractivity contribution in [2.45, 2.75) is 25.8 Å². The molecule has 0 aliphatic carbocycles. The Morgan fingerprint density at radius 2 is 1.97 bits per heavy atom. The summed E-state index contributed by atoms with van der Waals surface area (Å²) in [6.07, 6.45) is 2.71. The van der Waals surface area contributed by atoms with Gasteiger partial charge in [-0.3, -0.25) is 14.7 Å². The van der Waals surface area contributed by atoms with Gasteiger partial charge in [0.25, 0.3) is 5.91 Å². The largest absolute Gasteiger partial charge is 0.384 e. The van der Waals surface area contributed by atoms with Crippen LogP contribution in [-0.2, 0) is 17.7 Å². The zero-order chi connectivity index (χ0) is 24.1. The summed E-state index contributed by atoms with van der Waals surface area (Å²) >= 11 is 5.94. The molecule has 0 radical (unpaired) electrons. The van der Waals surface area contributed by atoms with Gasteiger partial charge in [-0.1, -0.05) is 35.6 Å². The number of benzene rings is 2. The van der Waals surface area contributed by atoms with Gasteiger partial charge in [0.2, 0.25) is 5.43 Å². The molecule has 8 heteroatoms. The van der Waals surface area contributed by atoms with E-state index in [0.29, 0.717) is 34.0 Å². The molecule has 2 N–H and O–H groups in total. The van der Waals surface area contributed by atoms with E-state index >= 15 is 0 Å². The van der Waals surface area contributed by atoms with E-state index < -0.39 is 11.3 Å². The standard InChI is InChI=1S/C26H26ClN3O4/c1-30(16-18-4-6-21(27)7-5-18)26(33)24-25(32)22-15-19(13-17-8-11-34-12-9-17)14-20(3-2-10-31)23(22)28-29-24/h4-7,14-15,17,31H,8-13,16H2,1H3,(H,28,32). The average Bonchev–Trinajstić information content (AvgIpc) is 2.85. The lowest BCUT2D eigenvalue weighted by molar-refractivity contribution is 0.0665. The second-order valence-electron chi connectivity index (χ2n) is 8.47. The molecule has 0 unspecified atom stereocenters. The lowest BCUT2D eigenvalue weighted by Gasteiger charge is -2.22. The Morgan fingerprint density at radius 3 is 2.68 bits per heavy atom. The van der Waals surface area contributed by atoms with Crippen LogP contribution >= 0.6 is 11.6 Å². The molecule has 3 aromatic rings. The quantitative estimate of drug-likeness (QED) is 0.548. The first-order valence-corrected chi connectivity index (χ1v) is 11.6. The molecule has 34 heavy (non-hydrogen) atoms. The predicted octanol–water partition coefficient (Wildman–Crippen LogP) is 3.16. The first-order valence-electron chi connectivity index (χ1n) is 11.2. The third-order valence-electron chi connectivity index (χ3n) is 5.99. The predicted molar refractivity (Wildman–Crippen MR) is 131 cm³/mol. The summed E-state index contributed by atoms with van der Waals surface area (Å²) in [6, 6.07) is 10.9. The third-order valence-corrected chi connectivity index (χ3v) is 6.24. The number of aliphatic hydroxyl groups is 1. The molecule has 0 atom stereocenters. The van der Waals surface area contributed by atoms with Gasteiger partial charge in [0.1, 0.15) is 6.61 Å². The van der Waals surface area contributed by atoms with E-state index in [2.05, 4.69) is 22.0 Å². The van der Waals surface area contributed by atoms with Crippen LogP contribution < -0.4 is 5.43 Å². The summed E-state index contributed by atoms with van der Waals surface area (Å²) in [5, 5.41) is 17.1. The van der Waals surface area contributed by atoms with E-state index in [1.165, 1.54) is 4.90 Å². The number of fused-ring (bicyclic) bond motifs is 1. The fourth-order valence-corrected chi connectivity index (χ4v) is 4.31. The lowest BCUT2D eigenvalue weighted by atomic mass is 9.91. The molecule has 1 aromatic heterocycles. The first kappa shape index (κ1) is 24.0. The molecule has 2 heterocycles. The van der Waals surface area contributed by atoms with Gasteiger partial charge >= 0.3 is 0 Å². The van der Waals surface area contributed by atoms with Crippen LogP contribution in [0.4, 0.5) is 0 Å². The van der Waals surface area contributed by atoms with Gasteiger partial charge in [-0.05, 0) is 60.6 Å². The number of aromatic nitrogens is 2. The smallest absolute Gasteiger partial charge is 0.278 e. The van der Waals surface area contributed by atoms with E-state index in [1.807, 2.05) is 24.3 Å². The number of rotatable bonds is 5. The minimum atomic E-state index is -0.476. The number of ether oxygens (including phenoxy) is 1. The van der Waals surface area contributed by atoms with Crippen molar-refractivity contribution in [3.05, 3.63) is 74.0 Å². The van der Waals surface area contributed by atoms with Crippen molar-refractivity contribution < 1.29 is 14.6 Å². The van der Waals surface area contributed by atoms with Gasteiger partial charge in [0, 0.05) is 31.8 Å². The maximum Gasteiger partial charge on any atom is 0.278 e. The summed E-state index contributed by atoms with van der Waals surface area (Å²) in [5.74, 6) is 5.53. The Balaban J connectivity index is 1.69. The van der Waals surface area contributed by atoms with Crippen LogP contribution in [-0.4, -0.2) is 53.0 Å². The molecular formula is C26H26ClN3O4. The number of hydrogen-bond donors (Lipinski definition) is 2. The Labute approximate surface area is 202 Å². The number of aromatic amines is 1. The highest BCUT2D eigenvalue weighted by atomic mass is 35.5. The number of aliphatic hydroxyl groups excluding tert-OH is 1. The zero-order valence-corrected chi connectivity index (χ0v) is 19.7. The van der Waals surface area contributed by atoms with Crippen LogP contribution in [0.3, 0.4) is 0 Å². The number of halogens is 1. The monoisotopic (exact) mass is 479 g/mol. The molecule has 0 bridgehead atoms. The highest BCUT2D eigenvalue weighted by Gasteiger charge is 2.21. The van der Waals surface area contributed by atoms with E-state index in [9.17, 15) is 9.59 Å². The van der Waals surface area contributed by atoms with Crippen molar-refractivity contribution in [3.8, 4) is 11.8 Å². The van der Waals surface area contributed by atoms with Gasteiger partial charge in [-0.2, -0.15) is 5.10 Å². The maximum absolute atomic E-state index is 13.4. The van der Waals surface area contributed by atoms with E-state index in [-0.39, 0.29) is 12.3 Å². The number of nitrogens with zero attached hydrogens (tertiary/aromatic N) is 2. The zero-order valence-electron chi connectivity index (χ0n) is 18.9. The Hall–Kier alpha value is -3.18. The summed E-state index contributed by atoms with van der Waals surface area (Å²) < 4.78 is 5.45. The second-order valence-corrected chi connectivity index (χ2v) is 8.91. The SMILES string of the molecule is CN(Cc1ccc(Cl)cc1)C(=O)c1n[nH]c2c(C#CCO)cc(CC3CCOCC3)cc2c1=O. The topological polar surface area (TPSA) is 95.5 Å². The van der Waals surface area contributed by atoms with Crippen molar-refractivity contribution in [1.29, 1.82) is 0 Å². The maximum atomic E-state index is 13.4. The van der Waals surface area contributed by atoms with Crippen molar-refractivity contribution in [1.82, 2.24) is 15.1 Å². The summed E-state index contributed by atoms with van der Waals surface area (Å²) in [4.78, 5) is 27.9. The average molecular weight is 480 g/mol. The number of nitrogens with one attached hydrogen (secondary N) is 1. The van der Waals surface area contributed by atoms with Crippen molar-refractivity contribution >= 4 is 28.4 Å². The number of H-pyrrole nitrogens is 1. The summed E-state index contributed by atoms with van der Waals surface area (Å²) in [6.45, 7) is 1.48. The number of amides is 1. The molecule has 1 aliphatic rings. The van der Waals surface area contributed by atoms with Gasteiger partial charge < -0.3 is 14.7 Å². The van der Waals surface area contributed by atoms with E-state index in [4.69, 9.17) is 21.4 Å². The fourth-order valence-electron chi connectivity index (χ4n) is 4.19. The summed E-state index contributed by atoms with van der Waals surface area (Å²) in [7, 11) is 1.63. The van der Waals surface area contributed by atoms with E-state index in [0.717, 1.165) is 43.6 Å². The van der Waals surface area contributed by atoms with Crippen LogP contribution in [0.25, 0.3) is 10.9 Å². The Kier molecular flexibility index (Phi) is 7.63. The normalized spacial score (nSPS) is 14.0. The third kappa shape index (κ3) is 5.48. The Morgan fingerprint density at radius 1 is 1.24 bits per heavy atom. The minimum absolute atomic E-state index is 0.173. The number of hydrogen-bond acceptors (Lipinski definition) is 5. The summed E-state index contributed by atoms with van der Waals surface area (Å²) in [5.41, 5.74) is 2.27. The molecule has 0 saturated carbocycles. The van der Waals surface area contributed by atoms with Crippen LogP contribution in [0.1, 0.15) is 40.0 Å². The molecule has 7 nitrogen and oxygen atoms in total. The highest BCUT2D eigenvalue weighted by molar-refractivity contribution is 6.30. The molecule has 1 saturated heterocycles. The van der Waals surface area contributed by atoms with Crippen LogP contribution in [0.15, 0.2) is 41.2 Å². The van der Waals surface area contributed by atoms with Gasteiger partial charge in [0.05, 0.1) is 16.5 Å². The van der Waals surface area contributed by atoms with Gasteiger partial charge in [-0.25, -0.2) is 0 Å². The van der Waals surface area contributed by atoms with Crippen LogP contribution in [0, 0.1) is 17.8 Å². The molecule has 2 aromatic carbocycles. The Bertz CT molecular complexity index is 1300. The molecule has 0 spiro atoms. The highest BCUT2D eigenvalue weighted by Crippen LogP contribution is 2.24. The minimum Gasteiger partial charge on any atom is -0.384 e. The second kappa shape index (κ2) is 10.8. The van der Waals surface area contributed by atoms with Gasteiger partial charge in [0.15, 0.2) is 5.69 Å². The number of carbonyl (C=O) groups is 1. The van der Waals surface area contributed by atoms with Crippen molar-refractivity contribution in [2.24, 2.45) is 5.92 Å². The van der Waals surface area contributed by atoms with Crippen molar-refractivity contribution in [3.63, 3.8) is 0 Å².